The largest absolute Gasteiger partial charge is 0.478 e. The van der Waals surface area contributed by atoms with Gasteiger partial charge in [0.25, 0.3) is 0 Å². The van der Waals surface area contributed by atoms with Crippen molar-refractivity contribution in [3.8, 4) is 0 Å². The van der Waals surface area contributed by atoms with E-state index in [-0.39, 0.29) is 11.1 Å². The molecule has 0 fully saturated rings. The van der Waals surface area contributed by atoms with E-state index in [1.54, 1.807) is 6.92 Å². The van der Waals surface area contributed by atoms with Crippen LogP contribution in [0, 0.1) is 6.92 Å². The van der Waals surface area contributed by atoms with Gasteiger partial charge in [0.05, 0.1) is 11.1 Å². The number of aromatic carboxylic acids is 2. The first-order chi connectivity index (χ1) is 6.43. The van der Waals surface area contributed by atoms with E-state index in [1.807, 2.05) is 0 Å². The quantitative estimate of drug-likeness (QED) is 0.853. The summed E-state index contributed by atoms with van der Waals surface area (Å²) in [6.45, 7) is 1.61. The highest BCUT2D eigenvalue weighted by molar-refractivity contribution is 9.10. The second-order valence-corrected chi connectivity index (χ2v) is 3.60. The molecule has 0 atom stereocenters. The predicted octanol–water partition coefficient (Wildman–Crippen LogP) is 2.15. The monoisotopic (exact) mass is 258 g/mol. The van der Waals surface area contributed by atoms with Crippen LogP contribution in [0.3, 0.4) is 0 Å². The Kier molecular flexibility index (Phi) is 2.90. The summed E-state index contributed by atoms with van der Waals surface area (Å²) in [4.78, 5) is 21.4. The summed E-state index contributed by atoms with van der Waals surface area (Å²) in [5.41, 5.74) is 0.471. The molecule has 0 aromatic heterocycles. The second kappa shape index (κ2) is 3.79. The van der Waals surface area contributed by atoms with E-state index >= 15 is 0 Å². The molecule has 0 heterocycles. The Balaban J connectivity index is 3.43. The summed E-state index contributed by atoms with van der Waals surface area (Å²) in [5, 5.41) is 17.5. The van der Waals surface area contributed by atoms with Crippen LogP contribution in [0.4, 0.5) is 0 Å². The molecule has 14 heavy (non-hydrogen) atoms. The van der Waals surface area contributed by atoms with Gasteiger partial charge >= 0.3 is 11.9 Å². The molecule has 0 unspecified atom stereocenters. The van der Waals surface area contributed by atoms with Crippen molar-refractivity contribution in [1.82, 2.24) is 0 Å². The van der Waals surface area contributed by atoms with Crippen molar-refractivity contribution in [2.45, 2.75) is 6.92 Å². The molecule has 1 rings (SSSR count). The number of halogens is 1. The molecule has 0 aliphatic heterocycles. The molecule has 0 saturated carbocycles. The third kappa shape index (κ3) is 1.93. The third-order valence-corrected chi connectivity index (χ3v) is 2.65. The van der Waals surface area contributed by atoms with Gasteiger partial charge in [-0.05, 0) is 24.6 Å². The molecule has 0 aliphatic carbocycles. The number of hydrogen-bond donors (Lipinski definition) is 2. The lowest BCUT2D eigenvalue weighted by Gasteiger charge is -2.04. The standard InChI is InChI=1S/C9H7BrO4/c1-4-6(9(13)14)2-5(8(11)12)3-7(4)10/h2-3H,1H3,(H,11,12)(H,13,14). The summed E-state index contributed by atoms with van der Waals surface area (Å²) < 4.78 is 0.481. The lowest BCUT2D eigenvalue weighted by molar-refractivity contribution is 0.0695. The summed E-state index contributed by atoms with van der Waals surface area (Å²) in [5.74, 6) is -2.28. The van der Waals surface area contributed by atoms with Gasteiger partial charge in [-0.3, -0.25) is 0 Å². The number of benzene rings is 1. The van der Waals surface area contributed by atoms with Crippen LogP contribution >= 0.6 is 15.9 Å². The second-order valence-electron chi connectivity index (χ2n) is 2.74. The highest BCUT2D eigenvalue weighted by atomic mass is 79.9. The van der Waals surface area contributed by atoms with Gasteiger partial charge in [-0.2, -0.15) is 0 Å². The lowest BCUT2D eigenvalue weighted by Crippen LogP contribution is -2.05. The molecule has 0 bridgehead atoms. The fourth-order valence-electron chi connectivity index (χ4n) is 1.02. The minimum atomic E-state index is -1.15. The van der Waals surface area contributed by atoms with Crippen LogP contribution in [0.25, 0.3) is 0 Å². The topological polar surface area (TPSA) is 74.6 Å². The van der Waals surface area contributed by atoms with E-state index < -0.39 is 11.9 Å². The summed E-state index contributed by atoms with van der Waals surface area (Å²) in [6, 6.07) is 2.52. The first kappa shape index (κ1) is 10.7. The van der Waals surface area contributed by atoms with Crippen LogP contribution in [0.2, 0.25) is 0 Å². The van der Waals surface area contributed by atoms with E-state index in [9.17, 15) is 9.59 Å². The average molecular weight is 259 g/mol. The molecule has 0 amide bonds. The highest BCUT2D eigenvalue weighted by Gasteiger charge is 2.14. The van der Waals surface area contributed by atoms with Crippen LogP contribution in [-0.2, 0) is 0 Å². The van der Waals surface area contributed by atoms with Crippen LogP contribution in [0.1, 0.15) is 26.3 Å². The number of carboxylic acids is 2. The summed E-state index contributed by atoms with van der Waals surface area (Å²) in [7, 11) is 0. The predicted molar refractivity (Wildman–Crippen MR) is 52.8 cm³/mol. The summed E-state index contributed by atoms with van der Waals surface area (Å²) >= 11 is 3.11. The minimum absolute atomic E-state index is 0.00299. The zero-order valence-corrected chi connectivity index (χ0v) is 8.83. The Bertz CT molecular complexity index is 412. The van der Waals surface area contributed by atoms with Gasteiger partial charge in [-0.1, -0.05) is 15.9 Å². The number of carboxylic acid groups (broad SMARTS) is 2. The molecule has 1 aromatic rings. The maximum Gasteiger partial charge on any atom is 0.336 e. The first-order valence-corrected chi connectivity index (χ1v) is 4.49. The highest BCUT2D eigenvalue weighted by Crippen LogP contribution is 2.22. The van der Waals surface area contributed by atoms with Crippen LogP contribution in [-0.4, -0.2) is 22.2 Å². The van der Waals surface area contributed by atoms with Gasteiger partial charge in [-0.15, -0.1) is 0 Å². The fourth-order valence-corrected chi connectivity index (χ4v) is 1.48. The Morgan fingerprint density at radius 1 is 1.21 bits per heavy atom. The van der Waals surface area contributed by atoms with Crippen molar-refractivity contribution in [2.24, 2.45) is 0 Å². The van der Waals surface area contributed by atoms with Gasteiger partial charge in [0.1, 0.15) is 0 Å². The van der Waals surface area contributed by atoms with Crippen molar-refractivity contribution in [3.63, 3.8) is 0 Å². The molecule has 4 nitrogen and oxygen atoms in total. The molecule has 5 heteroatoms. The molecular formula is C9H7BrO4. The molecule has 0 radical (unpaired) electrons. The number of hydrogen-bond acceptors (Lipinski definition) is 2. The molecule has 0 aliphatic rings. The van der Waals surface area contributed by atoms with E-state index in [0.29, 0.717) is 10.0 Å². The Labute approximate surface area is 88.3 Å². The molecule has 1 aromatic carbocycles. The zero-order valence-electron chi connectivity index (χ0n) is 7.24. The molecule has 0 spiro atoms. The smallest absolute Gasteiger partial charge is 0.336 e. The van der Waals surface area contributed by atoms with Crippen molar-refractivity contribution >= 4 is 27.9 Å². The summed E-state index contributed by atoms with van der Waals surface area (Å²) in [6.07, 6.45) is 0. The SMILES string of the molecule is Cc1c(Br)cc(C(=O)O)cc1C(=O)O. The Morgan fingerprint density at radius 2 is 1.79 bits per heavy atom. The van der Waals surface area contributed by atoms with Crippen molar-refractivity contribution in [2.75, 3.05) is 0 Å². The van der Waals surface area contributed by atoms with Gasteiger partial charge in [0, 0.05) is 4.47 Å². The van der Waals surface area contributed by atoms with Crippen LogP contribution in [0.15, 0.2) is 16.6 Å². The average Bonchev–Trinajstić information content (AvgIpc) is 2.08. The van der Waals surface area contributed by atoms with Gasteiger partial charge in [-0.25, -0.2) is 9.59 Å². The Hall–Kier alpha value is -1.36. The van der Waals surface area contributed by atoms with E-state index in [2.05, 4.69) is 15.9 Å². The van der Waals surface area contributed by atoms with E-state index in [4.69, 9.17) is 10.2 Å². The molecule has 74 valence electrons. The van der Waals surface area contributed by atoms with Crippen molar-refractivity contribution in [3.05, 3.63) is 33.3 Å². The molecule has 2 N–H and O–H groups in total. The maximum atomic E-state index is 10.7. The lowest BCUT2D eigenvalue weighted by atomic mass is 10.1. The molecular weight excluding hydrogens is 252 g/mol. The van der Waals surface area contributed by atoms with Crippen LogP contribution < -0.4 is 0 Å². The van der Waals surface area contributed by atoms with Gasteiger partial charge in [0.2, 0.25) is 0 Å². The van der Waals surface area contributed by atoms with Crippen molar-refractivity contribution < 1.29 is 19.8 Å². The van der Waals surface area contributed by atoms with Crippen LogP contribution in [0.5, 0.6) is 0 Å². The number of carbonyl (C=O) groups is 2. The van der Waals surface area contributed by atoms with Crippen molar-refractivity contribution in [1.29, 1.82) is 0 Å². The normalized spacial score (nSPS) is 9.86. The van der Waals surface area contributed by atoms with Gasteiger partial charge < -0.3 is 10.2 Å². The fraction of sp³-hybridized carbons (Fsp3) is 0.111. The third-order valence-electron chi connectivity index (χ3n) is 1.82. The maximum absolute atomic E-state index is 10.7. The van der Waals surface area contributed by atoms with E-state index in [1.165, 1.54) is 6.07 Å². The first-order valence-electron chi connectivity index (χ1n) is 3.70. The van der Waals surface area contributed by atoms with E-state index in [0.717, 1.165) is 6.07 Å². The Morgan fingerprint density at radius 3 is 2.21 bits per heavy atom. The van der Waals surface area contributed by atoms with Gasteiger partial charge in [0.15, 0.2) is 0 Å². The molecule has 0 saturated heterocycles. The number of rotatable bonds is 2. The minimum Gasteiger partial charge on any atom is -0.478 e. The zero-order chi connectivity index (χ0) is 10.9.